The Bertz CT molecular complexity index is 801. The molecule has 0 aromatic heterocycles. The van der Waals surface area contributed by atoms with Crippen molar-refractivity contribution in [1.29, 1.82) is 0 Å². The predicted octanol–water partition coefficient (Wildman–Crippen LogP) is 3.41. The molecular formula is C21H22O6. The molecule has 0 saturated carbocycles. The summed E-state index contributed by atoms with van der Waals surface area (Å²) in [7, 11) is 5.77. The second-order valence-corrected chi connectivity index (χ2v) is 5.55. The number of allylic oxidation sites excluding steroid dienone is 1. The predicted molar refractivity (Wildman–Crippen MR) is 101 cm³/mol. The number of hydrogen-bond acceptors (Lipinski definition) is 6. The van der Waals surface area contributed by atoms with Crippen LogP contribution >= 0.6 is 0 Å². The maximum Gasteiger partial charge on any atom is 0.317 e. The SMILES string of the molecule is COC(=O)C(/C=C/C(=O)c1ccccc1)c1cc(OC)c(OC)c(OC)c1. The molecule has 6 heteroatoms. The summed E-state index contributed by atoms with van der Waals surface area (Å²) in [4.78, 5) is 24.6. The molecule has 1 atom stereocenters. The number of carbonyl (C=O) groups is 2. The second-order valence-electron chi connectivity index (χ2n) is 5.55. The molecule has 0 saturated heterocycles. The summed E-state index contributed by atoms with van der Waals surface area (Å²) in [5, 5.41) is 0. The van der Waals surface area contributed by atoms with Gasteiger partial charge in [0.2, 0.25) is 5.75 Å². The fraction of sp³-hybridized carbons (Fsp3) is 0.238. The van der Waals surface area contributed by atoms with Gasteiger partial charge in [-0.3, -0.25) is 9.59 Å². The van der Waals surface area contributed by atoms with E-state index in [1.165, 1.54) is 40.6 Å². The number of ether oxygens (including phenoxy) is 4. The number of esters is 1. The fourth-order valence-corrected chi connectivity index (χ4v) is 2.62. The summed E-state index contributed by atoms with van der Waals surface area (Å²) in [6.07, 6.45) is 2.86. The number of hydrogen-bond donors (Lipinski definition) is 0. The highest BCUT2D eigenvalue weighted by molar-refractivity contribution is 6.05. The van der Waals surface area contributed by atoms with E-state index >= 15 is 0 Å². The maximum atomic E-state index is 12.3. The molecule has 0 aliphatic heterocycles. The Labute approximate surface area is 158 Å². The highest BCUT2D eigenvalue weighted by atomic mass is 16.5. The van der Waals surface area contributed by atoms with Crippen molar-refractivity contribution in [1.82, 2.24) is 0 Å². The van der Waals surface area contributed by atoms with E-state index in [1.807, 2.05) is 6.07 Å². The smallest absolute Gasteiger partial charge is 0.317 e. The lowest BCUT2D eigenvalue weighted by molar-refractivity contribution is -0.141. The zero-order chi connectivity index (χ0) is 19.8. The first-order chi connectivity index (χ1) is 13.0. The summed E-state index contributed by atoms with van der Waals surface area (Å²) in [5.41, 5.74) is 1.08. The van der Waals surface area contributed by atoms with E-state index in [9.17, 15) is 9.59 Å². The molecule has 0 heterocycles. The lowest BCUT2D eigenvalue weighted by atomic mass is 9.96. The summed E-state index contributed by atoms with van der Waals surface area (Å²) >= 11 is 0. The number of rotatable bonds is 8. The van der Waals surface area contributed by atoms with Gasteiger partial charge in [0.05, 0.1) is 28.4 Å². The summed E-state index contributed by atoms with van der Waals surface area (Å²) in [6.45, 7) is 0. The van der Waals surface area contributed by atoms with Crippen molar-refractivity contribution in [2.75, 3.05) is 28.4 Å². The van der Waals surface area contributed by atoms with Crippen LogP contribution in [0, 0.1) is 0 Å². The van der Waals surface area contributed by atoms with Crippen LogP contribution < -0.4 is 14.2 Å². The molecule has 0 fully saturated rings. The van der Waals surface area contributed by atoms with Crippen molar-refractivity contribution in [3.8, 4) is 17.2 Å². The zero-order valence-corrected chi connectivity index (χ0v) is 15.7. The van der Waals surface area contributed by atoms with Gasteiger partial charge in [0.1, 0.15) is 5.92 Å². The van der Waals surface area contributed by atoms with Crippen LogP contribution in [0.4, 0.5) is 0 Å². The Morgan fingerprint density at radius 3 is 1.96 bits per heavy atom. The first-order valence-corrected chi connectivity index (χ1v) is 8.21. The molecule has 0 radical (unpaired) electrons. The normalized spacial score (nSPS) is 11.7. The largest absolute Gasteiger partial charge is 0.493 e. The molecule has 27 heavy (non-hydrogen) atoms. The van der Waals surface area contributed by atoms with E-state index in [-0.39, 0.29) is 5.78 Å². The first-order valence-electron chi connectivity index (χ1n) is 8.21. The van der Waals surface area contributed by atoms with Crippen molar-refractivity contribution >= 4 is 11.8 Å². The molecule has 2 rings (SSSR count). The average molecular weight is 370 g/mol. The lowest BCUT2D eigenvalue weighted by Crippen LogP contribution is -2.13. The molecule has 2 aromatic carbocycles. The quantitative estimate of drug-likeness (QED) is 0.403. The average Bonchev–Trinajstić information content (AvgIpc) is 2.73. The minimum atomic E-state index is -0.809. The molecule has 0 N–H and O–H groups in total. The van der Waals surface area contributed by atoms with E-state index in [1.54, 1.807) is 36.4 Å². The van der Waals surface area contributed by atoms with Gasteiger partial charge in [-0.15, -0.1) is 0 Å². The maximum absolute atomic E-state index is 12.3. The molecule has 0 aliphatic carbocycles. The zero-order valence-electron chi connectivity index (χ0n) is 15.7. The third-order valence-electron chi connectivity index (χ3n) is 4.00. The van der Waals surface area contributed by atoms with Crippen LogP contribution in [0.3, 0.4) is 0 Å². The van der Waals surface area contributed by atoms with Crippen LogP contribution in [-0.4, -0.2) is 40.2 Å². The van der Waals surface area contributed by atoms with Crippen LogP contribution in [0.5, 0.6) is 17.2 Å². The lowest BCUT2D eigenvalue weighted by Gasteiger charge is -2.17. The van der Waals surface area contributed by atoms with Gasteiger partial charge in [-0.1, -0.05) is 36.4 Å². The summed E-state index contributed by atoms with van der Waals surface area (Å²) in [5.74, 6) is -0.307. The van der Waals surface area contributed by atoms with Crippen molar-refractivity contribution < 1.29 is 28.5 Å². The minimum Gasteiger partial charge on any atom is -0.493 e. The molecule has 1 unspecified atom stereocenters. The number of ketones is 1. The fourth-order valence-electron chi connectivity index (χ4n) is 2.62. The Kier molecular flexibility index (Phi) is 7.00. The Hall–Kier alpha value is -3.28. The van der Waals surface area contributed by atoms with E-state index in [2.05, 4.69) is 0 Å². The molecule has 0 amide bonds. The third-order valence-corrected chi connectivity index (χ3v) is 4.00. The van der Waals surface area contributed by atoms with Crippen molar-refractivity contribution in [3.63, 3.8) is 0 Å². The van der Waals surface area contributed by atoms with Crippen LogP contribution in [0.25, 0.3) is 0 Å². The van der Waals surface area contributed by atoms with E-state index in [4.69, 9.17) is 18.9 Å². The van der Waals surface area contributed by atoms with Gasteiger partial charge in [0.15, 0.2) is 17.3 Å². The van der Waals surface area contributed by atoms with Crippen LogP contribution in [0.15, 0.2) is 54.6 Å². The number of benzene rings is 2. The van der Waals surface area contributed by atoms with Gasteiger partial charge < -0.3 is 18.9 Å². The van der Waals surface area contributed by atoms with Crippen molar-refractivity contribution in [2.24, 2.45) is 0 Å². The van der Waals surface area contributed by atoms with Crippen LogP contribution in [-0.2, 0) is 9.53 Å². The van der Waals surface area contributed by atoms with E-state index in [0.29, 0.717) is 28.4 Å². The van der Waals surface area contributed by atoms with Gasteiger partial charge in [0.25, 0.3) is 0 Å². The van der Waals surface area contributed by atoms with E-state index in [0.717, 1.165) is 0 Å². The monoisotopic (exact) mass is 370 g/mol. The Morgan fingerprint density at radius 1 is 0.889 bits per heavy atom. The highest BCUT2D eigenvalue weighted by Crippen LogP contribution is 2.40. The Balaban J connectivity index is 2.43. The molecule has 6 nitrogen and oxygen atoms in total. The van der Waals surface area contributed by atoms with Gasteiger partial charge in [-0.05, 0) is 23.8 Å². The second kappa shape index (κ2) is 9.43. The standard InChI is InChI=1S/C21H22O6/c1-24-18-12-15(13-19(25-2)20(18)26-3)16(21(23)27-4)10-11-17(22)14-8-6-5-7-9-14/h5-13,16H,1-4H3/b11-10+. The van der Waals surface area contributed by atoms with Crippen LogP contribution in [0.1, 0.15) is 21.8 Å². The minimum absolute atomic E-state index is 0.211. The molecule has 142 valence electrons. The van der Waals surface area contributed by atoms with E-state index < -0.39 is 11.9 Å². The molecular weight excluding hydrogens is 348 g/mol. The topological polar surface area (TPSA) is 71.1 Å². The van der Waals surface area contributed by atoms with Gasteiger partial charge in [0, 0.05) is 5.56 Å². The highest BCUT2D eigenvalue weighted by Gasteiger charge is 2.23. The number of methoxy groups -OCH3 is 4. The number of carbonyl (C=O) groups excluding carboxylic acids is 2. The van der Waals surface area contributed by atoms with Gasteiger partial charge in [-0.2, -0.15) is 0 Å². The molecule has 0 spiro atoms. The van der Waals surface area contributed by atoms with Gasteiger partial charge >= 0.3 is 5.97 Å². The van der Waals surface area contributed by atoms with Crippen molar-refractivity contribution in [3.05, 3.63) is 65.7 Å². The molecule has 0 aliphatic rings. The summed E-state index contributed by atoms with van der Waals surface area (Å²) < 4.78 is 20.9. The van der Waals surface area contributed by atoms with Gasteiger partial charge in [-0.25, -0.2) is 0 Å². The third kappa shape index (κ3) is 4.67. The van der Waals surface area contributed by atoms with Crippen LogP contribution in [0.2, 0.25) is 0 Å². The first kappa shape index (κ1) is 20.0. The Morgan fingerprint density at radius 2 is 1.48 bits per heavy atom. The molecule has 2 aromatic rings. The summed E-state index contributed by atoms with van der Waals surface area (Å²) in [6, 6.07) is 12.1. The van der Waals surface area contributed by atoms with Crippen molar-refractivity contribution in [2.45, 2.75) is 5.92 Å². The molecule has 0 bridgehead atoms.